The summed E-state index contributed by atoms with van der Waals surface area (Å²) in [5.74, 6) is 0.299. The lowest BCUT2D eigenvalue weighted by molar-refractivity contribution is 0.149. The standard InChI is InChI=1S/C9H7F2IN2O/c1-15-7-4-5(8(10)11)6(2-3-13)14-9(7)12/h4,8H,2H2,1H3. The Morgan fingerprint density at radius 2 is 2.33 bits per heavy atom. The molecule has 0 aliphatic heterocycles. The molecular weight excluding hydrogens is 317 g/mol. The molecule has 0 spiro atoms. The summed E-state index contributed by atoms with van der Waals surface area (Å²) in [7, 11) is 1.39. The van der Waals surface area contributed by atoms with Crippen LogP contribution >= 0.6 is 22.6 Å². The molecule has 0 bridgehead atoms. The van der Waals surface area contributed by atoms with Crippen molar-refractivity contribution in [3.05, 3.63) is 21.0 Å². The van der Waals surface area contributed by atoms with Gasteiger partial charge in [0.05, 0.1) is 25.3 Å². The Bertz CT molecular complexity index is 404. The van der Waals surface area contributed by atoms with E-state index in [-0.39, 0.29) is 17.7 Å². The third kappa shape index (κ3) is 2.75. The Kier molecular flexibility index (Phi) is 4.20. The van der Waals surface area contributed by atoms with Crippen molar-refractivity contribution in [2.24, 2.45) is 0 Å². The van der Waals surface area contributed by atoms with Gasteiger partial charge in [0, 0.05) is 5.56 Å². The molecule has 0 amide bonds. The zero-order valence-electron chi connectivity index (χ0n) is 7.80. The van der Waals surface area contributed by atoms with E-state index in [9.17, 15) is 8.78 Å². The molecule has 0 radical (unpaired) electrons. The highest BCUT2D eigenvalue weighted by Crippen LogP contribution is 2.29. The van der Waals surface area contributed by atoms with Crippen LogP contribution < -0.4 is 4.74 Å². The fourth-order valence-corrected chi connectivity index (χ4v) is 1.74. The number of rotatable bonds is 3. The molecule has 15 heavy (non-hydrogen) atoms. The molecule has 3 nitrogen and oxygen atoms in total. The Morgan fingerprint density at radius 1 is 1.67 bits per heavy atom. The quantitative estimate of drug-likeness (QED) is 0.634. The normalized spacial score (nSPS) is 10.1. The zero-order chi connectivity index (χ0) is 11.4. The summed E-state index contributed by atoms with van der Waals surface area (Å²) < 4.78 is 30.5. The van der Waals surface area contributed by atoms with E-state index in [1.165, 1.54) is 13.2 Å². The molecule has 1 heterocycles. The lowest BCUT2D eigenvalue weighted by Gasteiger charge is -2.09. The van der Waals surface area contributed by atoms with E-state index < -0.39 is 6.43 Å². The Labute approximate surface area is 99.2 Å². The minimum atomic E-state index is -2.65. The van der Waals surface area contributed by atoms with E-state index in [1.807, 2.05) is 22.6 Å². The highest BCUT2D eigenvalue weighted by molar-refractivity contribution is 14.1. The van der Waals surface area contributed by atoms with Crippen molar-refractivity contribution in [1.29, 1.82) is 5.26 Å². The highest BCUT2D eigenvalue weighted by Gasteiger charge is 2.17. The first-order valence-corrected chi connectivity index (χ1v) is 5.06. The summed E-state index contributed by atoms with van der Waals surface area (Å²) in [6.45, 7) is 0. The molecule has 80 valence electrons. The van der Waals surface area contributed by atoms with Gasteiger partial charge in [-0.05, 0) is 28.7 Å². The Morgan fingerprint density at radius 3 is 2.80 bits per heavy atom. The monoisotopic (exact) mass is 324 g/mol. The van der Waals surface area contributed by atoms with Gasteiger partial charge in [-0.3, -0.25) is 0 Å². The predicted octanol–water partition coefficient (Wildman–Crippen LogP) is 2.70. The van der Waals surface area contributed by atoms with Gasteiger partial charge in [0.1, 0.15) is 3.70 Å². The van der Waals surface area contributed by atoms with E-state index in [0.717, 1.165) is 0 Å². The second kappa shape index (κ2) is 5.21. The van der Waals surface area contributed by atoms with Crippen LogP contribution in [0, 0.1) is 15.0 Å². The Hall–Kier alpha value is -0.970. The summed E-state index contributed by atoms with van der Waals surface area (Å²) in [4.78, 5) is 3.91. The number of ether oxygens (including phenoxy) is 1. The molecule has 1 aromatic heterocycles. The van der Waals surface area contributed by atoms with Gasteiger partial charge in [-0.15, -0.1) is 0 Å². The highest BCUT2D eigenvalue weighted by atomic mass is 127. The molecule has 0 saturated heterocycles. The summed E-state index contributed by atoms with van der Waals surface area (Å²) in [6, 6.07) is 3.03. The molecular formula is C9H7F2IN2O. The van der Waals surface area contributed by atoms with Crippen molar-refractivity contribution in [3.8, 4) is 11.8 Å². The van der Waals surface area contributed by atoms with Crippen molar-refractivity contribution in [1.82, 2.24) is 4.98 Å². The first-order valence-electron chi connectivity index (χ1n) is 3.98. The number of halogens is 3. The maximum Gasteiger partial charge on any atom is 0.265 e. The van der Waals surface area contributed by atoms with Crippen LogP contribution in [0.4, 0.5) is 8.78 Å². The van der Waals surface area contributed by atoms with Crippen LogP contribution in [0.2, 0.25) is 0 Å². The van der Waals surface area contributed by atoms with Gasteiger partial charge >= 0.3 is 0 Å². The van der Waals surface area contributed by atoms with Crippen LogP contribution in [0.3, 0.4) is 0 Å². The van der Waals surface area contributed by atoms with E-state index in [4.69, 9.17) is 10.00 Å². The third-order valence-electron chi connectivity index (χ3n) is 1.76. The second-order valence-corrected chi connectivity index (χ2v) is 3.67. The summed E-state index contributed by atoms with van der Waals surface area (Å²) >= 11 is 1.88. The molecule has 0 N–H and O–H groups in total. The average molecular weight is 324 g/mol. The van der Waals surface area contributed by atoms with Crippen LogP contribution in [0.25, 0.3) is 0 Å². The van der Waals surface area contributed by atoms with Gasteiger partial charge in [-0.2, -0.15) is 5.26 Å². The number of hydrogen-bond acceptors (Lipinski definition) is 3. The summed E-state index contributed by atoms with van der Waals surface area (Å²) in [5.41, 5.74) is -0.133. The van der Waals surface area contributed by atoms with Crippen LogP contribution in [0.1, 0.15) is 17.7 Å². The van der Waals surface area contributed by atoms with Gasteiger partial charge in [0.25, 0.3) is 6.43 Å². The fraction of sp³-hybridized carbons (Fsp3) is 0.333. The first-order chi connectivity index (χ1) is 7.10. The number of methoxy groups -OCH3 is 1. The molecule has 6 heteroatoms. The van der Waals surface area contributed by atoms with Crippen molar-refractivity contribution in [2.45, 2.75) is 12.8 Å². The van der Waals surface area contributed by atoms with Crippen molar-refractivity contribution in [2.75, 3.05) is 7.11 Å². The fourth-order valence-electron chi connectivity index (χ4n) is 1.07. The van der Waals surface area contributed by atoms with Gasteiger partial charge in [0.15, 0.2) is 5.75 Å². The van der Waals surface area contributed by atoms with E-state index >= 15 is 0 Å². The maximum absolute atomic E-state index is 12.6. The molecule has 0 atom stereocenters. The first kappa shape index (κ1) is 12.1. The van der Waals surface area contributed by atoms with E-state index in [1.54, 1.807) is 6.07 Å². The van der Waals surface area contributed by atoms with E-state index in [2.05, 4.69) is 4.98 Å². The van der Waals surface area contributed by atoms with Gasteiger partial charge in [0.2, 0.25) is 0 Å². The number of alkyl halides is 2. The largest absolute Gasteiger partial charge is 0.494 e. The van der Waals surface area contributed by atoms with Gasteiger partial charge in [-0.1, -0.05) is 0 Å². The zero-order valence-corrected chi connectivity index (χ0v) is 9.96. The predicted molar refractivity (Wildman–Crippen MR) is 57.8 cm³/mol. The summed E-state index contributed by atoms with van der Waals surface area (Å²) in [6.07, 6.45) is -2.77. The number of hydrogen-bond donors (Lipinski definition) is 0. The molecule has 1 rings (SSSR count). The molecule has 0 aliphatic rings. The third-order valence-corrected chi connectivity index (χ3v) is 2.53. The van der Waals surface area contributed by atoms with Crippen LogP contribution in [0.15, 0.2) is 6.07 Å². The van der Waals surface area contributed by atoms with Gasteiger partial charge in [-0.25, -0.2) is 13.8 Å². The minimum Gasteiger partial charge on any atom is -0.494 e. The number of nitriles is 1. The molecule has 1 aromatic rings. The van der Waals surface area contributed by atoms with Gasteiger partial charge < -0.3 is 4.74 Å². The van der Waals surface area contributed by atoms with Crippen LogP contribution in [-0.2, 0) is 6.42 Å². The molecule has 0 aromatic carbocycles. The number of pyridine rings is 1. The second-order valence-electron chi connectivity index (χ2n) is 2.65. The minimum absolute atomic E-state index is 0.109. The number of aromatic nitrogens is 1. The SMILES string of the molecule is COc1cc(C(F)F)c(CC#N)nc1I. The van der Waals surface area contributed by atoms with Crippen molar-refractivity contribution in [3.63, 3.8) is 0 Å². The Balaban J connectivity index is 3.26. The molecule has 0 saturated carbocycles. The molecule has 0 unspecified atom stereocenters. The van der Waals surface area contributed by atoms with Crippen LogP contribution in [-0.4, -0.2) is 12.1 Å². The van der Waals surface area contributed by atoms with Crippen molar-refractivity contribution < 1.29 is 13.5 Å². The van der Waals surface area contributed by atoms with Crippen LogP contribution in [0.5, 0.6) is 5.75 Å². The lowest BCUT2D eigenvalue weighted by Crippen LogP contribution is -2.02. The van der Waals surface area contributed by atoms with E-state index in [0.29, 0.717) is 9.45 Å². The molecule has 0 fully saturated rings. The summed E-state index contributed by atoms with van der Waals surface area (Å²) in [5, 5.41) is 8.47. The smallest absolute Gasteiger partial charge is 0.265 e. The topological polar surface area (TPSA) is 45.9 Å². The number of nitrogens with zero attached hydrogens (tertiary/aromatic N) is 2. The maximum atomic E-state index is 12.6. The lowest BCUT2D eigenvalue weighted by atomic mass is 10.1. The van der Waals surface area contributed by atoms with Crippen molar-refractivity contribution >= 4 is 22.6 Å². The molecule has 0 aliphatic carbocycles. The average Bonchev–Trinajstić information content (AvgIpc) is 2.18.